The van der Waals surface area contributed by atoms with E-state index >= 15 is 0 Å². The van der Waals surface area contributed by atoms with Crippen LogP contribution in [0.25, 0.3) is 10.9 Å². The Hall–Kier alpha value is -3.16. The van der Waals surface area contributed by atoms with Gasteiger partial charge in [0.15, 0.2) is 0 Å². The Morgan fingerprint density at radius 1 is 1.20 bits per heavy atom. The van der Waals surface area contributed by atoms with Gasteiger partial charge in [0.2, 0.25) is 0 Å². The molecule has 1 heterocycles. The van der Waals surface area contributed by atoms with E-state index in [0.29, 0.717) is 17.1 Å². The molecule has 0 aliphatic rings. The molecule has 130 valence electrons. The number of carboxylic acids is 1. The average Bonchev–Trinajstić information content (AvgIpc) is 3.00. The van der Waals surface area contributed by atoms with Gasteiger partial charge in [-0.2, -0.15) is 13.2 Å². The number of methoxy groups -OCH3 is 1. The molecule has 3 N–H and O–H groups in total. The van der Waals surface area contributed by atoms with Crippen molar-refractivity contribution in [2.45, 2.75) is 6.18 Å². The number of H-pyrrole nitrogens is 1. The molecule has 3 rings (SSSR count). The maximum atomic E-state index is 13.2. The fourth-order valence-electron chi connectivity index (χ4n) is 2.54. The van der Waals surface area contributed by atoms with Crippen molar-refractivity contribution in [3.63, 3.8) is 0 Å². The van der Waals surface area contributed by atoms with Gasteiger partial charge in [-0.15, -0.1) is 0 Å². The summed E-state index contributed by atoms with van der Waals surface area (Å²) in [7, 11) is 1.50. The van der Waals surface area contributed by atoms with Gasteiger partial charge in [-0.1, -0.05) is 6.07 Å². The highest BCUT2D eigenvalue weighted by molar-refractivity contribution is 6.01. The quantitative estimate of drug-likeness (QED) is 0.641. The highest BCUT2D eigenvalue weighted by Gasteiger charge is 2.34. The summed E-state index contributed by atoms with van der Waals surface area (Å²) in [5, 5.41) is 12.2. The number of aromatic carboxylic acids is 1. The van der Waals surface area contributed by atoms with Gasteiger partial charge in [0.25, 0.3) is 0 Å². The summed E-state index contributed by atoms with van der Waals surface area (Å²) >= 11 is 0. The van der Waals surface area contributed by atoms with Gasteiger partial charge >= 0.3 is 12.1 Å². The number of aromatic amines is 1. The molecular weight excluding hydrogens is 337 g/mol. The van der Waals surface area contributed by atoms with Gasteiger partial charge in [0.05, 0.1) is 18.2 Å². The summed E-state index contributed by atoms with van der Waals surface area (Å²) in [6.07, 6.45) is -4.60. The lowest BCUT2D eigenvalue weighted by atomic mass is 10.1. The van der Waals surface area contributed by atoms with Crippen LogP contribution in [0.3, 0.4) is 0 Å². The number of hydrogen-bond donors (Lipinski definition) is 3. The number of anilines is 2. The Labute approximate surface area is 140 Å². The van der Waals surface area contributed by atoms with Crippen molar-refractivity contribution in [2.75, 3.05) is 12.4 Å². The van der Waals surface area contributed by atoms with Crippen LogP contribution in [0.1, 0.15) is 16.1 Å². The first-order valence-electron chi connectivity index (χ1n) is 7.17. The maximum absolute atomic E-state index is 13.2. The minimum absolute atomic E-state index is 0.134. The molecule has 0 spiro atoms. The van der Waals surface area contributed by atoms with Gasteiger partial charge in [-0.3, -0.25) is 0 Å². The van der Waals surface area contributed by atoms with Crippen LogP contribution in [0.2, 0.25) is 0 Å². The van der Waals surface area contributed by atoms with Gasteiger partial charge in [-0.25, -0.2) is 4.79 Å². The van der Waals surface area contributed by atoms with E-state index in [-0.39, 0.29) is 16.6 Å². The molecule has 0 saturated heterocycles. The molecule has 1 aromatic heterocycles. The minimum atomic E-state index is -4.60. The predicted octanol–water partition coefficient (Wildman–Crippen LogP) is 4.64. The molecule has 0 fully saturated rings. The normalized spacial score (nSPS) is 11.5. The fourth-order valence-corrected chi connectivity index (χ4v) is 2.54. The highest BCUT2D eigenvalue weighted by Crippen LogP contribution is 2.38. The Morgan fingerprint density at radius 3 is 2.60 bits per heavy atom. The zero-order chi connectivity index (χ0) is 18.2. The second kappa shape index (κ2) is 6.04. The molecule has 3 aromatic rings. The number of benzene rings is 2. The molecule has 8 heteroatoms. The molecule has 0 aliphatic heterocycles. The second-order valence-corrected chi connectivity index (χ2v) is 5.29. The molecule has 5 nitrogen and oxygen atoms in total. The van der Waals surface area contributed by atoms with Crippen molar-refractivity contribution < 1.29 is 27.8 Å². The fraction of sp³-hybridized carbons (Fsp3) is 0.118. The third kappa shape index (κ3) is 3.23. The first-order chi connectivity index (χ1) is 11.8. The van der Waals surface area contributed by atoms with Crippen molar-refractivity contribution in [3.05, 3.63) is 53.7 Å². The van der Waals surface area contributed by atoms with E-state index < -0.39 is 17.7 Å². The third-order valence-electron chi connectivity index (χ3n) is 3.68. The topological polar surface area (TPSA) is 74.3 Å². The van der Waals surface area contributed by atoms with Gasteiger partial charge < -0.3 is 20.1 Å². The van der Waals surface area contributed by atoms with E-state index in [4.69, 9.17) is 9.84 Å². The number of fused-ring (bicyclic) bond motifs is 1. The van der Waals surface area contributed by atoms with E-state index in [2.05, 4.69) is 10.3 Å². The number of hydrogen-bond acceptors (Lipinski definition) is 3. The summed E-state index contributed by atoms with van der Waals surface area (Å²) in [6.45, 7) is 0. The molecule has 0 aliphatic carbocycles. The summed E-state index contributed by atoms with van der Waals surface area (Å²) < 4.78 is 44.7. The summed E-state index contributed by atoms with van der Waals surface area (Å²) in [5.41, 5.74) is -0.581. The lowest BCUT2D eigenvalue weighted by molar-refractivity contribution is -0.136. The van der Waals surface area contributed by atoms with E-state index in [9.17, 15) is 18.0 Å². The lowest BCUT2D eigenvalue weighted by Gasteiger charge is -2.13. The van der Waals surface area contributed by atoms with Crippen LogP contribution in [-0.2, 0) is 6.18 Å². The summed E-state index contributed by atoms with van der Waals surface area (Å²) in [6, 6.07) is 10.2. The van der Waals surface area contributed by atoms with Crippen molar-refractivity contribution in [1.82, 2.24) is 4.98 Å². The van der Waals surface area contributed by atoms with E-state index in [1.165, 1.54) is 19.2 Å². The van der Waals surface area contributed by atoms with Crippen LogP contribution < -0.4 is 10.1 Å². The van der Waals surface area contributed by atoms with E-state index in [1.807, 2.05) is 0 Å². The number of carboxylic acid groups (broad SMARTS) is 1. The molecule has 25 heavy (non-hydrogen) atoms. The number of alkyl halides is 3. The molecular formula is C17H13F3N2O3. The Bertz CT molecular complexity index is 948. The van der Waals surface area contributed by atoms with Crippen LogP contribution in [0.4, 0.5) is 24.5 Å². The van der Waals surface area contributed by atoms with Crippen LogP contribution in [-0.4, -0.2) is 23.2 Å². The summed E-state index contributed by atoms with van der Waals surface area (Å²) in [5.74, 6) is -0.759. The Morgan fingerprint density at radius 2 is 1.96 bits per heavy atom. The monoisotopic (exact) mass is 350 g/mol. The maximum Gasteiger partial charge on any atom is 0.418 e. The van der Waals surface area contributed by atoms with Crippen LogP contribution in [0, 0.1) is 0 Å². The number of nitrogens with one attached hydrogen (secondary N) is 2. The van der Waals surface area contributed by atoms with Crippen molar-refractivity contribution in [1.29, 1.82) is 0 Å². The number of halogens is 3. The van der Waals surface area contributed by atoms with Crippen LogP contribution in [0.15, 0.2) is 42.5 Å². The van der Waals surface area contributed by atoms with Crippen LogP contribution >= 0.6 is 0 Å². The van der Waals surface area contributed by atoms with Gasteiger partial charge in [0.1, 0.15) is 11.4 Å². The first-order valence-corrected chi connectivity index (χ1v) is 7.17. The standard InChI is InChI=1S/C17H13F3N2O3/c1-25-10-4-2-3-9(7-10)21-13-6-5-12(17(18,19)20)15-11(13)8-14(22-15)16(23)24/h2-8,21-22H,1H3,(H,23,24). The van der Waals surface area contributed by atoms with E-state index in [0.717, 1.165) is 6.07 Å². The largest absolute Gasteiger partial charge is 0.497 e. The Balaban J connectivity index is 2.14. The average molecular weight is 350 g/mol. The summed E-state index contributed by atoms with van der Waals surface area (Å²) in [4.78, 5) is 13.5. The Kier molecular flexibility index (Phi) is 4.03. The van der Waals surface area contributed by atoms with Gasteiger partial charge in [-0.05, 0) is 30.3 Å². The zero-order valence-electron chi connectivity index (χ0n) is 12.9. The number of ether oxygens (including phenoxy) is 1. The van der Waals surface area contributed by atoms with Crippen molar-refractivity contribution in [3.8, 4) is 5.75 Å². The minimum Gasteiger partial charge on any atom is -0.497 e. The zero-order valence-corrected chi connectivity index (χ0v) is 12.9. The molecule has 0 saturated carbocycles. The van der Waals surface area contributed by atoms with Gasteiger partial charge in [0, 0.05) is 22.8 Å². The molecule has 2 aromatic carbocycles. The molecule has 0 amide bonds. The second-order valence-electron chi connectivity index (χ2n) is 5.29. The number of carbonyl (C=O) groups is 1. The smallest absolute Gasteiger partial charge is 0.418 e. The van der Waals surface area contributed by atoms with Crippen LogP contribution in [0.5, 0.6) is 5.75 Å². The van der Waals surface area contributed by atoms with E-state index in [1.54, 1.807) is 24.3 Å². The highest BCUT2D eigenvalue weighted by atomic mass is 19.4. The number of aromatic nitrogens is 1. The first kappa shape index (κ1) is 16.7. The number of rotatable bonds is 4. The molecule has 0 atom stereocenters. The third-order valence-corrected chi connectivity index (χ3v) is 3.68. The molecule has 0 radical (unpaired) electrons. The van der Waals surface area contributed by atoms with Crippen molar-refractivity contribution >= 4 is 28.2 Å². The SMILES string of the molecule is COc1cccc(Nc2ccc(C(F)(F)F)c3[nH]c(C(=O)O)cc23)c1. The predicted molar refractivity (Wildman–Crippen MR) is 86.5 cm³/mol. The molecule has 0 bridgehead atoms. The van der Waals surface area contributed by atoms with Crippen molar-refractivity contribution in [2.24, 2.45) is 0 Å². The lowest BCUT2D eigenvalue weighted by Crippen LogP contribution is -2.06. The molecule has 0 unspecified atom stereocenters.